The molecule has 0 unspecified atom stereocenters. The van der Waals surface area contributed by atoms with Crippen LogP contribution in [0.2, 0.25) is 0 Å². The van der Waals surface area contributed by atoms with Gasteiger partial charge in [0.1, 0.15) is 5.75 Å². The Bertz CT molecular complexity index is 460. The molecule has 0 atom stereocenters. The second-order valence-corrected chi connectivity index (χ2v) is 6.29. The van der Waals surface area contributed by atoms with Crippen molar-refractivity contribution >= 4 is 5.69 Å². The Balaban J connectivity index is 2.00. The molecule has 2 N–H and O–H groups in total. The molecule has 2 aliphatic rings. The van der Waals surface area contributed by atoms with E-state index in [9.17, 15) is 0 Å². The fraction of sp³-hybridized carbons (Fsp3) is 0.647. The van der Waals surface area contributed by atoms with E-state index in [0.29, 0.717) is 0 Å². The highest BCUT2D eigenvalue weighted by atomic mass is 16.5. The van der Waals surface area contributed by atoms with Gasteiger partial charge in [-0.1, -0.05) is 19.3 Å². The smallest absolute Gasteiger partial charge is 0.119 e. The summed E-state index contributed by atoms with van der Waals surface area (Å²) < 4.78 is 5.43. The van der Waals surface area contributed by atoms with Gasteiger partial charge in [-0.2, -0.15) is 0 Å². The SMILES string of the molecule is COc1ccc(N2CCCC2)c(C2(N)CCCCC2)c1. The largest absolute Gasteiger partial charge is 0.497 e. The first-order chi connectivity index (χ1) is 9.73. The molecule has 20 heavy (non-hydrogen) atoms. The lowest BCUT2D eigenvalue weighted by Crippen LogP contribution is -2.40. The maximum atomic E-state index is 6.79. The zero-order valence-electron chi connectivity index (χ0n) is 12.5. The highest BCUT2D eigenvalue weighted by Gasteiger charge is 2.33. The van der Waals surface area contributed by atoms with Crippen LogP contribution in [0.5, 0.6) is 5.75 Å². The minimum Gasteiger partial charge on any atom is -0.497 e. The predicted octanol–water partition coefficient (Wildman–Crippen LogP) is 3.41. The molecule has 1 saturated heterocycles. The molecular formula is C17H26N2O. The lowest BCUT2D eigenvalue weighted by atomic mass is 9.76. The standard InChI is InChI=1S/C17H26N2O/c1-20-14-7-8-16(19-11-5-6-12-19)15(13-14)17(18)9-3-2-4-10-17/h7-8,13H,2-6,9-12,18H2,1H3. The van der Waals surface area contributed by atoms with Crippen molar-refractivity contribution in [1.29, 1.82) is 0 Å². The number of nitrogens with two attached hydrogens (primary N) is 1. The molecule has 1 aliphatic heterocycles. The fourth-order valence-corrected chi connectivity index (χ4v) is 3.73. The first-order valence-electron chi connectivity index (χ1n) is 7.95. The summed E-state index contributed by atoms with van der Waals surface area (Å²) in [6, 6.07) is 6.46. The Labute approximate surface area is 122 Å². The molecular weight excluding hydrogens is 248 g/mol. The van der Waals surface area contributed by atoms with Crippen LogP contribution in [0.1, 0.15) is 50.5 Å². The predicted molar refractivity (Wildman–Crippen MR) is 83.4 cm³/mol. The van der Waals surface area contributed by atoms with E-state index in [2.05, 4.69) is 23.1 Å². The molecule has 0 aromatic heterocycles. The van der Waals surface area contributed by atoms with E-state index in [1.54, 1.807) is 7.11 Å². The van der Waals surface area contributed by atoms with Crippen molar-refractivity contribution < 1.29 is 4.74 Å². The molecule has 3 rings (SSSR count). The average molecular weight is 274 g/mol. The zero-order chi connectivity index (χ0) is 14.0. The Morgan fingerprint density at radius 1 is 1.05 bits per heavy atom. The van der Waals surface area contributed by atoms with Gasteiger partial charge in [0.25, 0.3) is 0 Å². The second kappa shape index (κ2) is 5.65. The van der Waals surface area contributed by atoms with Crippen LogP contribution >= 0.6 is 0 Å². The molecule has 3 heteroatoms. The molecule has 1 heterocycles. The third kappa shape index (κ3) is 2.51. The zero-order valence-corrected chi connectivity index (χ0v) is 12.5. The summed E-state index contributed by atoms with van der Waals surface area (Å²) in [5, 5.41) is 0. The number of methoxy groups -OCH3 is 1. The molecule has 1 saturated carbocycles. The maximum absolute atomic E-state index is 6.79. The number of anilines is 1. The van der Waals surface area contributed by atoms with E-state index < -0.39 is 0 Å². The molecule has 0 radical (unpaired) electrons. The number of ether oxygens (including phenoxy) is 1. The number of benzene rings is 1. The van der Waals surface area contributed by atoms with Gasteiger partial charge in [0.2, 0.25) is 0 Å². The number of rotatable bonds is 3. The van der Waals surface area contributed by atoms with Gasteiger partial charge >= 0.3 is 0 Å². The number of nitrogens with zero attached hydrogens (tertiary/aromatic N) is 1. The van der Waals surface area contributed by atoms with Crippen molar-refractivity contribution in [2.24, 2.45) is 5.73 Å². The molecule has 3 nitrogen and oxygen atoms in total. The van der Waals surface area contributed by atoms with Crippen LogP contribution in [0.3, 0.4) is 0 Å². The Morgan fingerprint density at radius 3 is 2.40 bits per heavy atom. The van der Waals surface area contributed by atoms with E-state index >= 15 is 0 Å². The molecule has 2 fully saturated rings. The Hall–Kier alpha value is -1.22. The third-order valence-corrected chi connectivity index (χ3v) is 4.93. The van der Waals surface area contributed by atoms with Crippen LogP contribution in [-0.4, -0.2) is 20.2 Å². The molecule has 1 aliphatic carbocycles. The van der Waals surface area contributed by atoms with Crippen molar-refractivity contribution in [3.8, 4) is 5.75 Å². The second-order valence-electron chi connectivity index (χ2n) is 6.29. The van der Waals surface area contributed by atoms with Gasteiger partial charge in [0.15, 0.2) is 0 Å². The van der Waals surface area contributed by atoms with Crippen LogP contribution < -0.4 is 15.4 Å². The van der Waals surface area contributed by atoms with Gasteiger partial charge < -0.3 is 15.4 Å². The third-order valence-electron chi connectivity index (χ3n) is 4.93. The lowest BCUT2D eigenvalue weighted by molar-refractivity contribution is 0.301. The van der Waals surface area contributed by atoms with E-state index in [-0.39, 0.29) is 5.54 Å². The van der Waals surface area contributed by atoms with Gasteiger partial charge in [-0.15, -0.1) is 0 Å². The maximum Gasteiger partial charge on any atom is 0.119 e. The minimum absolute atomic E-state index is 0.162. The minimum atomic E-state index is -0.162. The van der Waals surface area contributed by atoms with Crippen LogP contribution in [0, 0.1) is 0 Å². The topological polar surface area (TPSA) is 38.5 Å². The molecule has 110 valence electrons. The fourth-order valence-electron chi connectivity index (χ4n) is 3.73. The average Bonchev–Trinajstić information content (AvgIpc) is 3.01. The van der Waals surface area contributed by atoms with Crippen LogP contribution in [0.15, 0.2) is 18.2 Å². The van der Waals surface area contributed by atoms with Gasteiger partial charge in [-0.3, -0.25) is 0 Å². The van der Waals surface area contributed by atoms with E-state index in [4.69, 9.17) is 10.5 Å². The summed E-state index contributed by atoms with van der Waals surface area (Å²) in [7, 11) is 1.73. The molecule has 1 aromatic rings. The highest BCUT2D eigenvalue weighted by Crippen LogP contribution is 2.41. The number of hydrogen-bond acceptors (Lipinski definition) is 3. The molecule has 0 amide bonds. The Kier molecular flexibility index (Phi) is 3.88. The molecule has 1 aromatic carbocycles. The van der Waals surface area contributed by atoms with Crippen molar-refractivity contribution in [1.82, 2.24) is 0 Å². The van der Waals surface area contributed by atoms with Crippen LogP contribution in [0.4, 0.5) is 5.69 Å². The van der Waals surface area contributed by atoms with Crippen molar-refractivity contribution in [3.05, 3.63) is 23.8 Å². The summed E-state index contributed by atoms with van der Waals surface area (Å²) in [5.74, 6) is 0.929. The lowest BCUT2D eigenvalue weighted by Gasteiger charge is -2.37. The van der Waals surface area contributed by atoms with Gasteiger partial charge in [-0.25, -0.2) is 0 Å². The molecule has 0 spiro atoms. The first kappa shape index (κ1) is 13.7. The summed E-state index contributed by atoms with van der Waals surface area (Å²) >= 11 is 0. The van der Waals surface area contributed by atoms with Gasteiger partial charge in [0.05, 0.1) is 7.11 Å². The summed E-state index contributed by atoms with van der Waals surface area (Å²) in [6.07, 6.45) is 8.59. The first-order valence-corrected chi connectivity index (χ1v) is 7.95. The van der Waals surface area contributed by atoms with Gasteiger partial charge in [0, 0.05) is 24.3 Å². The normalized spacial score (nSPS) is 22.0. The van der Waals surface area contributed by atoms with Crippen LogP contribution in [-0.2, 0) is 5.54 Å². The number of hydrogen-bond donors (Lipinski definition) is 1. The quantitative estimate of drug-likeness (QED) is 0.918. The highest BCUT2D eigenvalue weighted by molar-refractivity contribution is 5.59. The summed E-state index contributed by atoms with van der Waals surface area (Å²) in [6.45, 7) is 2.32. The summed E-state index contributed by atoms with van der Waals surface area (Å²) in [4.78, 5) is 2.50. The summed E-state index contributed by atoms with van der Waals surface area (Å²) in [5.41, 5.74) is 9.27. The Morgan fingerprint density at radius 2 is 1.75 bits per heavy atom. The van der Waals surface area contributed by atoms with Gasteiger partial charge in [-0.05, 0) is 49.4 Å². The van der Waals surface area contributed by atoms with Crippen LogP contribution in [0.25, 0.3) is 0 Å². The monoisotopic (exact) mass is 274 g/mol. The van der Waals surface area contributed by atoms with Crippen molar-refractivity contribution in [2.75, 3.05) is 25.1 Å². The van der Waals surface area contributed by atoms with E-state index in [0.717, 1.165) is 31.7 Å². The molecule has 0 bridgehead atoms. The van der Waals surface area contributed by atoms with Crippen molar-refractivity contribution in [2.45, 2.75) is 50.5 Å². The van der Waals surface area contributed by atoms with Crippen molar-refractivity contribution in [3.63, 3.8) is 0 Å². The van der Waals surface area contributed by atoms with E-state index in [1.807, 2.05) is 0 Å². The van der Waals surface area contributed by atoms with E-state index in [1.165, 1.54) is 43.4 Å².